The van der Waals surface area contributed by atoms with Crippen molar-refractivity contribution in [2.24, 2.45) is 0 Å². The molecule has 1 amide bonds. The SMILES string of the molecule is O=C1C(NS(=O)(=O)c2ccc(Cl)s2)CCCN1c1ccc(Br)cc1. The number of amides is 1. The van der Waals surface area contributed by atoms with Crippen molar-refractivity contribution in [3.63, 3.8) is 0 Å². The zero-order chi connectivity index (χ0) is 17.3. The number of hydrogen-bond donors (Lipinski definition) is 1. The first-order valence-electron chi connectivity index (χ1n) is 7.21. The van der Waals surface area contributed by atoms with E-state index in [0.717, 1.165) is 27.9 Å². The highest BCUT2D eigenvalue weighted by Gasteiger charge is 2.33. The van der Waals surface area contributed by atoms with Crippen LogP contribution in [0, 0.1) is 0 Å². The fraction of sp³-hybridized carbons (Fsp3) is 0.267. The summed E-state index contributed by atoms with van der Waals surface area (Å²) in [5.74, 6) is -0.241. The van der Waals surface area contributed by atoms with Crippen molar-refractivity contribution in [1.29, 1.82) is 0 Å². The molecule has 0 bridgehead atoms. The summed E-state index contributed by atoms with van der Waals surface area (Å²) in [6, 6.07) is 9.56. The van der Waals surface area contributed by atoms with Crippen LogP contribution in [0.25, 0.3) is 0 Å². The normalized spacial score (nSPS) is 18.8. The lowest BCUT2D eigenvalue weighted by atomic mass is 10.0. The number of anilines is 1. The molecule has 3 rings (SSSR count). The van der Waals surface area contributed by atoms with Crippen LogP contribution in [0.2, 0.25) is 4.34 Å². The molecule has 0 saturated carbocycles. The van der Waals surface area contributed by atoms with Gasteiger partial charge in [0.2, 0.25) is 5.91 Å². The van der Waals surface area contributed by atoms with E-state index in [1.165, 1.54) is 12.1 Å². The highest BCUT2D eigenvalue weighted by Crippen LogP contribution is 2.27. The van der Waals surface area contributed by atoms with Gasteiger partial charge in [-0.3, -0.25) is 4.79 Å². The van der Waals surface area contributed by atoms with Gasteiger partial charge < -0.3 is 4.90 Å². The van der Waals surface area contributed by atoms with Gasteiger partial charge in [-0.1, -0.05) is 27.5 Å². The van der Waals surface area contributed by atoms with Crippen LogP contribution in [0.4, 0.5) is 5.69 Å². The molecular formula is C15H14BrClN2O3S2. The monoisotopic (exact) mass is 448 g/mol. The summed E-state index contributed by atoms with van der Waals surface area (Å²) >= 11 is 10.1. The van der Waals surface area contributed by atoms with Crippen LogP contribution in [0.1, 0.15) is 12.8 Å². The third kappa shape index (κ3) is 3.83. The predicted molar refractivity (Wildman–Crippen MR) is 99.2 cm³/mol. The van der Waals surface area contributed by atoms with E-state index in [9.17, 15) is 13.2 Å². The van der Waals surface area contributed by atoms with Gasteiger partial charge in [0.1, 0.15) is 10.3 Å². The zero-order valence-electron chi connectivity index (χ0n) is 12.4. The van der Waals surface area contributed by atoms with Crippen LogP contribution in [0.3, 0.4) is 0 Å². The maximum absolute atomic E-state index is 12.7. The van der Waals surface area contributed by atoms with Crippen molar-refractivity contribution in [3.8, 4) is 0 Å². The molecule has 1 aliphatic heterocycles. The quantitative estimate of drug-likeness (QED) is 0.775. The Labute approximate surface area is 157 Å². The Balaban J connectivity index is 1.79. The van der Waals surface area contributed by atoms with Crippen LogP contribution in [-0.2, 0) is 14.8 Å². The van der Waals surface area contributed by atoms with Gasteiger partial charge in [-0.2, -0.15) is 4.72 Å². The summed E-state index contributed by atoms with van der Waals surface area (Å²) < 4.78 is 28.8. The fourth-order valence-electron chi connectivity index (χ4n) is 2.55. The number of halogens is 2. The summed E-state index contributed by atoms with van der Waals surface area (Å²) in [4.78, 5) is 14.3. The van der Waals surface area contributed by atoms with Gasteiger partial charge in [0.25, 0.3) is 10.0 Å². The summed E-state index contributed by atoms with van der Waals surface area (Å²) in [5.41, 5.74) is 0.756. The second kappa shape index (κ2) is 7.13. The minimum absolute atomic E-state index is 0.112. The highest BCUT2D eigenvalue weighted by molar-refractivity contribution is 9.10. The molecule has 2 aromatic rings. The van der Waals surface area contributed by atoms with Gasteiger partial charge in [0, 0.05) is 16.7 Å². The van der Waals surface area contributed by atoms with E-state index < -0.39 is 16.1 Å². The van der Waals surface area contributed by atoms with Gasteiger partial charge in [-0.05, 0) is 49.2 Å². The molecule has 1 aliphatic rings. The van der Waals surface area contributed by atoms with E-state index in [1.807, 2.05) is 24.3 Å². The minimum Gasteiger partial charge on any atom is -0.311 e. The van der Waals surface area contributed by atoms with Crippen molar-refractivity contribution in [2.45, 2.75) is 23.1 Å². The molecule has 1 aromatic carbocycles. The van der Waals surface area contributed by atoms with E-state index >= 15 is 0 Å². The largest absolute Gasteiger partial charge is 0.311 e. The average Bonchev–Trinajstić information content (AvgIpc) is 2.98. The Bertz CT molecular complexity index is 852. The molecule has 0 radical (unpaired) electrons. The number of nitrogens with one attached hydrogen (secondary N) is 1. The molecule has 2 heterocycles. The molecule has 0 aliphatic carbocycles. The van der Waals surface area contributed by atoms with Gasteiger partial charge in [-0.15, -0.1) is 11.3 Å². The molecule has 1 saturated heterocycles. The second-order valence-corrected chi connectivity index (χ2v) is 9.91. The Morgan fingerprint density at radius 1 is 1.21 bits per heavy atom. The molecular weight excluding hydrogens is 436 g/mol. The molecule has 1 aromatic heterocycles. The molecule has 128 valence electrons. The number of carbonyl (C=O) groups excluding carboxylic acids is 1. The van der Waals surface area contributed by atoms with Crippen LogP contribution >= 0.6 is 38.9 Å². The van der Waals surface area contributed by atoms with Crippen molar-refractivity contribution in [3.05, 3.63) is 45.2 Å². The number of carbonyl (C=O) groups is 1. The van der Waals surface area contributed by atoms with Crippen LogP contribution in [0.15, 0.2) is 45.1 Å². The van der Waals surface area contributed by atoms with Crippen LogP contribution in [-0.4, -0.2) is 26.9 Å². The summed E-state index contributed by atoms with van der Waals surface area (Å²) in [5, 5.41) is 0. The number of benzene rings is 1. The number of piperidine rings is 1. The van der Waals surface area contributed by atoms with E-state index in [1.54, 1.807) is 4.90 Å². The van der Waals surface area contributed by atoms with Crippen molar-refractivity contribution < 1.29 is 13.2 Å². The standard InChI is InChI=1S/C15H14BrClN2O3S2/c16-10-3-5-11(6-4-10)19-9-1-2-12(15(19)20)18-24(21,22)14-8-7-13(17)23-14/h3-8,12,18H,1-2,9H2. The lowest BCUT2D eigenvalue weighted by Gasteiger charge is -2.32. The van der Waals surface area contributed by atoms with E-state index in [0.29, 0.717) is 17.3 Å². The van der Waals surface area contributed by atoms with Gasteiger partial charge in [0.15, 0.2) is 0 Å². The Kier molecular flexibility index (Phi) is 5.31. The van der Waals surface area contributed by atoms with E-state index in [-0.39, 0.29) is 10.1 Å². The van der Waals surface area contributed by atoms with Gasteiger partial charge >= 0.3 is 0 Å². The highest BCUT2D eigenvalue weighted by atomic mass is 79.9. The maximum atomic E-state index is 12.7. The second-order valence-electron chi connectivity index (χ2n) is 5.34. The van der Waals surface area contributed by atoms with Gasteiger partial charge in [0.05, 0.1) is 4.34 Å². The average molecular weight is 450 g/mol. The topological polar surface area (TPSA) is 66.5 Å². The van der Waals surface area contributed by atoms with Crippen molar-refractivity contribution >= 4 is 60.5 Å². The number of nitrogens with zero attached hydrogens (tertiary/aromatic N) is 1. The summed E-state index contributed by atoms with van der Waals surface area (Å²) in [6.07, 6.45) is 1.20. The Morgan fingerprint density at radius 2 is 1.92 bits per heavy atom. The lowest BCUT2D eigenvalue weighted by molar-refractivity contribution is -0.121. The number of rotatable bonds is 4. The summed E-state index contributed by atoms with van der Waals surface area (Å²) in [7, 11) is -3.76. The predicted octanol–water partition coefficient (Wildman–Crippen LogP) is 3.64. The maximum Gasteiger partial charge on any atom is 0.250 e. The molecule has 24 heavy (non-hydrogen) atoms. The minimum atomic E-state index is -3.76. The van der Waals surface area contributed by atoms with Crippen molar-refractivity contribution in [1.82, 2.24) is 4.72 Å². The Hall–Kier alpha value is -0.930. The third-order valence-electron chi connectivity index (χ3n) is 3.69. The van der Waals surface area contributed by atoms with Crippen LogP contribution in [0.5, 0.6) is 0 Å². The first-order valence-corrected chi connectivity index (χ1v) is 10.7. The lowest BCUT2D eigenvalue weighted by Crippen LogP contribution is -2.52. The summed E-state index contributed by atoms with van der Waals surface area (Å²) in [6.45, 7) is 0.573. The number of sulfonamides is 1. The fourth-order valence-corrected chi connectivity index (χ4v) is 5.54. The van der Waals surface area contributed by atoms with Crippen LogP contribution < -0.4 is 9.62 Å². The van der Waals surface area contributed by atoms with Gasteiger partial charge in [-0.25, -0.2) is 8.42 Å². The number of hydrogen-bond acceptors (Lipinski definition) is 4. The van der Waals surface area contributed by atoms with E-state index in [4.69, 9.17) is 11.6 Å². The smallest absolute Gasteiger partial charge is 0.250 e. The van der Waals surface area contributed by atoms with E-state index in [2.05, 4.69) is 20.7 Å². The molecule has 1 atom stereocenters. The van der Waals surface area contributed by atoms with Crippen molar-refractivity contribution in [2.75, 3.05) is 11.4 Å². The molecule has 0 spiro atoms. The third-order valence-corrected chi connectivity index (χ3v) is 7.41. The molecule has 9 heteroatoms. The molecule has 1 fully saturated rings. The first kappa shape index (κ1) is 17.9. The number of thiophene rings is 1. The first-order chi connectivity index (χ1) is 11.4. The molecule has 1 unspecified atom stereocenters. The molecule has 5 nitrogen and oxygen atoms in total. The molecule has 1 N–H and O–H groups in total. The Morgan fingerprint density at radius 3 is 2.54 bits per heavy atom. The zero-order valence-corrected chi connectivity index (χ0v) is 16.4.